The van der Waals surface area contributed by atoms with Crippen LogP contribution in [-0.4, -0.2) is 44.7 Å². The molecular formula is C24H28ClF2N7O2. The van der Waals surface area contributed by atoms with Crippen molar-refractivity contribution in [1.29, 1.82) is 0 Å². The number of ether oxygens (including phenoxy) is 1. The maximum atomic E-state index is 14.6. The number of carbonyl (C=O) groups is 1. The van der Waals surface area contributed by atoms with Gasteiger partial charge in [-0.3, -0.25) is 9.36 Å². The summed E-state index contributed by atoms with van der Waals surface area (Å²) >= 11 is 5.79. The van der Waals surface area contributed by atoms with E-state index in [-0.39, 0.29) is 34.6 Å². The summed E-state index contributed by atoms with van der Waals surface area (Å²) in [5, 5.41) is 6.12. The molecule has 36 heavy (non-hydrogen) atoms. The smallest absolute Gasteiger partial charge is 0.224 e. The number of nitrogens with zero attached hydrogens (tertiary/aromatic N) is 4. The minimum Gasteiger partial charge on any atom is -0.381 e. The molecule has 1 aliphatic carbocycles. The Labute approximate surface area is 211 Å². The fourth-order valence-electron chi connectivity index (χ4n) is 4.94. The van der Waals surface area contributed by atoms with Gasteiger partial charge >= 0.3 is 0 Å². The molecule has 2 aromatic heterocycles. The molecule has 1 amide bonds. The van der Waals surface area contributed by atoms with Crippen molar-refractivity contribution in [2.75, 3.05) is 23.8 Å². The Bertz CT molecular complexity index is 1260. The Morgan fingerprint density at radius 2 is 1.83 bits per heavy atom. The highest BCUT2D eigenvalue weighted by Gasteiger charge is 2.38. The molecule has 1 aliphatic heterocycles. The van der Waals surface area contributed by atoms with Gasteiger partial charge in [-0.2, -0.15) is 4.98 Å². The van der Waals surface area contributed by atoms with Crippen molar-refractivity contribution in [3.05, 3.63) is 35.0 Å². The maximum absolute atomic E-state index is 14.6. The van der Waals surface area contributed by atoms with Crippen molar-refractivity contribution < 1.29 is 18.3 Å². The third kappa shape index (κ3) is 4.81. The molecule has 5 rings (SSSR count). The predicted molar refractivity (Wildman–Crippen MR) is 132 cm³/mol. The van der Waals surface area contributed by atoms with Crippen LogP contribution in [0.4, 0.5) is 26.4 Å². The lowest BCUT2D eigenvalue weighted by Gasteiger charge is -2.35. The number of nitrogens with two attached hydrogens (primary N) is 1. The first-order chi connectivity index (χ1) is 17.2. The molecule has 0 spiro atoms. The number of benzene rings is 1. The second kappa shape index (κ2) is 9.78. The highest BCUT2D eigenvalue weighted by Crippen LogP contribution is 2.43. The number of fused-ring (bicyclic) bond motifs is 1. The van der Waals surface area contributed by atoms with Crippen molar-refractivity contribution in [2.45, 2.75) is 57.5 Å². The molecule has 3 aromatic rings. The van der Waals surface area contributed by atoms with Crippen LogP contribution in [0.5, 0.6) is 0 Å². The maximum Gasteiger partial charge on any atom is 0.224 e. The lowest BCUT2D eigenvalue weighted by Crippen LogP contribution is -2.38. The molecular weight excluding hydrogens is 492 g/mol. The highest BCUT2D eigenvalue weighted by molar-refractivity contribution is 6.30. The average molecular weight is 520 g/mol. The normalized spacial score (nSPS) is 23.1. The number of nitrogens with one attached hydrogen (secondary N) is 2. The first-order valence-corrected chi connectivity index (χ1v) is 12.4. The average Bonchev–Trinajstić information content (AvgIpc) is 3.20. The van der Waals surface area contributed by atoms with Gasteiger partial charge < -0.3 is 21.1 Å². The third-order valence-electron chi connectivity index (χ3n) is 7.25. The Balaban J connectivity index is 1.53. The summed E-state index contributed by atoms with van der Waals surface area (Å²) in [4.78, 5) is 25.7. The van der Waals surface area contributed by atoms with Crippen molar-refractivity contribution in [2.24, 2.45) is 11.1 Å². The second-order valence-corrected chi connectivity index (χ2v) is 10.2. The molecule has 3 heterocycles. The van der Waals surface area contributed by atoms with E-state index < -0.39 is 17.0 Å². The van der Waals surface area contributed by atoms with Crippen molar-refractivity contribution in [3.63, 3.8) is 0 Å². The minimum atomic E-state index is -0.837. The lowest BCUT2D eigenvalue weighted by molar-refractivity contribution is -0.128. The molecule has 0 bridgehead atoms. The Morgan fingerprint density at radius 3 is 2.47 bits per heavy atom. The quantitative estimate of drug-likeness (QED) is 0.431. The summed E-state index contributed by atoms with van der Waals surface area (Å²) in [6.45, 7) is 3.21. The zero-order valence-electron chi connectivity index (χ0n) is 19.9. The first-order valence-electron chi connectivity index (χ1n) is 12.0. The van der Waals surface area contributed by atoms with Gasteiger partial charge in [0.15, 0.2) is 17.3 Å². The number of primary amides is 1. The molecule has 1 aromatic carbocycles. The van der Waals surface area contributed by atoms with Gasteiger partial charge in [-0.25, -0.2) is 18.7 Å². The van der Waals surface area contributed by atoms with Crippen LogP contribution >= 0.6 is 11.6 Å². The van der Waals surface area contributed by atoms with E-state index in [1.54, 1.807) is 6.20 Å². The molecule has 12 heteroatoms. The monoisotopic (exact) mass is 519 g/mol. The van der Waals surface area contributed by atoms with Crippen LogP contribution in [0.25, 0.3) is 11.2 Å². The standard InChI is InChI=1S/C24H28ClF2N7O2/c1-24(21(28)35)6-2-15(3-7-24)34-20-18(12-29-22(33-20)30-14-4-8-36-9-5-14)31-23(34)32-19-16(26)10-13(25)11-17(19)27/h10-12,14-15H,2-9H2,1H3,(H2,28,35)(H,31,32)(H,29,30,33)/t15-,24+. The summed E-state index contributed by atoms with van der Waals surface area (Å²) in [6, 6.07) is 2.14. The third-order valence-corrected chi connectivity index (χ3v) is 7.47. The number of rotatable bonds is 6. The molecule has 192 valence electrons. The van der Waals surface area contributed by atoms with Crippen LogP contribution in [0.1, 0.15) is 51.5 Å². The van der Waals surface area contributed by atoms with Crippen LogP contribution in [0.2, 0.25) is 5.02 Å². The molecule has 4 N–H and O–H groups in total. The summed E-state index contributed by atoms with van der Waals surface area (Å²) in [7, 11) is 0. The van der Waals surface area contributed by atoms with Crippen LogP contribution < -0.4 is 16.4 Å². The number of aromatic nitrogens is 4. The van der Waals surface area contributed by atoms with Gasteiger partial charge in [-0.1, -0.05) is 18.5 Å². The number of hydrogen-bond acceptors (Lipinski definition) is 7. The van der Waals surface area contributed by atoms with E-state index in [0.717, 1.165) is 25.0 Å². The van der Waals surface area contributed by atoms with Crippen molar-refractivity contribution in [1.82, 2.24) is 19.5 Å². The molecule has 9 nitrogen and oxygen atoms in total. The van der Waals surface area contributed by atoms with Gasteiger partial charge in [0, 0.05) is 35.7 Å². The van der Waals surface area contributed by atoms with Gasteiger partial charge in [0.25, 0.3) is 0 Å². The number of hydrogen-bond donors (Lipinski definition) is 3. The molecule has 2 aliphatic rings. The first kappa shape index (κ1) is 24.6. The van der Waals surface area contributed by atoms with E-state index in [0.29, 0.717) is 56.0 Å². The number of halogens is 3. The van der Waals surface area contributed by atoms with E-state index in [9.17, 15) is 13.6 Å². The zero-order valence-corrected chi connectivity index (χ0v) is 20.6. The van der Waals surface area contributed by atoms with E-state index in [1.807, 2.05) is 11.5 Å². The summed E-state index contributed by atoms with van der Waals surface area (Å²) in [5.74, 6) is -1.32. The van der Waals surface area contributed by atoms with Gasteiger partial charge in [0.2, 0.25) is 17.8 Å². The number of carbonyl (C=O) groups excluding carboxylic acids is 1. The van der Waals surface area contributed by atoms with Crippen LogP contribution in [0.15, 0.2) is 18.3 Å². The lowest BCUT2D eigenvalue weighted by atomic mass is 9.73. The summed E-state index contributed by atoms with van der Waals surface area (Å²) in [6.07, 6.45) is 5.68. The van der Waals surface area contributed by atoms with Gasteiger partial charge in [-0.05, 0) is 50.7 Å². The van der Waals surface area contributed by atoms with Crippen LogP contribution in [0, 0.1) is 17.0 Å². The predicted octanol–water partition coefficient (Wildman–Crippen LogP) is 4.70. The van der Waals surface area contributed by atoms with E-state index in [4.69, 9.17) is 27.1 Å². The number of imidazole rings is 1. The molecule has 2 fully saturated rings. The van der Waals surface area contributed by atoms with E-state index >= 15 is 0 Å². The van der Waals surface area contributed by atoms with E-state index in [1.165, 1.54) is 0 Å². The zero-order chi connectivity index (χ0) is 25.4. The van der Waals surface area contributed by atoms with Gasteiger partial charge in [0.1, 0.15) is 11.2 Å². The summed E-state index contributed by atoms with van der Waals surface area (Å²) in [5.41, 5.74) is 5.70. The van der Waals surface area contributed by atoms with Crippen molar-refractivity contribution in [3.8, 4) is 0 Å². The topological polar surface area (TPSA) is 120 Å². The van der Waals surface area contributed by atoms with Crippen LogP contribution in [0.3, 0.4) is 0 Å². The van der Waals surface area contributed by atoms with Gasteiger partial charge in [-0.15, -0.1) is 0 Å². The fourth-order valence-corrected chi connectivity index (χ4v) is 5.13. The molecule has 0 radical (unpaired) electrons. The number of anilines is 3. The second-order valence-electron chi connectivity index (χ2n) is 9.76. The highest BCUT2D eigenvalue weighted by atomic mass is 35.5. The number of amides is 1. The fraction of sp³-hybridized carbons (Fsp3) is 0.500. The molecule has 0 atom stereocenters. The Hall–Kier alpha value is -3.05. The van der Waals surface area contributed by atoms with Crippen molar-refractivity contribution >= 4 is 46.3 Å². The largest absolute Gasteiger partial charge is 0.381 e. The molecule has 1 saturated heterocycles. The Kier molecular flexibility index (Phi) is 6.69. The minimum absolute atomic E-state index is 0.0447. The SMILES string of the molecule is C[C@]1(C(N)=O)CC[C@@H](n2c(Nc3c(F)cc(Cl)cc3F)nc3cnc(NC4CCOCC4)nc32)CC1. The van der Waals surface area contributed by atoms with E-state index in [2.05, 4.69) is 20.6 Å². The molecule has 1 saturated carbocycles. The Morgan fingerprint density at radius 1 is 1.17 bits per heavy atom. The summed E-state index contributed by atoms with van der Waals surface area (Å²) < 4.78 is 36.5. The van der Waals surface area contributed by atoms with Crippen LogP contribution in [-0.2, 0) is 9.53 Å². The van der Waals surface area contributed by atoms with Gasteiger partial charge in [0.05, 0.1) is 6.20 Å². The molecule has 0 unspecified atom stereocenters.